The van der Waals surface area contributed by atoms with Crippen LogP contribution in [0.2, 0.25) is 0 Å². The van der Waals surface area contributed by atoms with Gasteiger partial charge in [0.15, 0.2) is 5.82 Å². The highest BCUT2D eigenvalue weighted by molar-refractivity contribution is 6.17. The number of nitrogens with zero attached hydrogens (tertiary/aromatic N) is 5. The number of para-hydroxylation sites is 1. The maximum atomic E-state index is 5.78. The van der Waals surface area contributed by atoms with Gasteiger partial charge in [0.2, 0.25) is 5.95 Å². The van der Waals surface area contributed by atoms with Gasteiger partial charge in [-0.05, 0) is 13.1 Å². The minimum Gasteiger partial charge on any atom is -0.462 e. The van der Waals surface area contributed by atoms with Crippen molar-refractivity contribution >= 4 is 22.6 Å². The molecule has 10 heteroatoms. The van der Waals surface area contributed by atoms with E-state index in [9.17, 15) is 0 Å². The average molecular weight is 396 g/mol. The molecule has 2 aromatic heterocycles. The molecule has 1 fully saturated rings. The molecule has 29 heavy (non-hydrogen) atoms. The van der Waals surface area contributed by atoms with E-state index < -0.39 is 0 Å². The van der Waals surface area contributed by atoms with E-state index in [0.717, 1.165) is 16.5 Å². The van der Waals surface area contributed by atoms with Crippen molar-refractivity contribution in [3.05, 3.63) is 41.9 Å². The van der Waals surface area contributed by atoms with Crippen LogP contribution in [-0.2, 0) is 4.74 Å². The van der Waals surface area contributed by atoms with Crippen molar-refractivity contribution in [2.75, 3.05) is 51.4 Å². The molecule has 0 aliphatic carbocycles. The predicted molar refractivity (Wildman–Crippen MR) is 110 cm³/mol. The Morgan fingerprint density at radius 3 is 2.90 bits per heavy atom. The number of aromatic nitrogens is 4. The first kappa shape index (κ1) is 19.1. The van der Waals surface area contributed by atoms with Crippen molar-refractivity contribution in [3.63, 3.8) is 0 Å². The molecule has 4 N–H and O–H groups in total. The number of fused-ring (bicyclic) bond motifs is 1. The fourth-order valence-corrected chi connectivity index (χ4v) is 3.18. The molecular formula is C19H24N8O2. The van der Waals surface area contributed by atoms with E-state index in [4.69, 9.17) is 15.3 Å². The number of aromatic amines is 1. The molecule has 1 aromatic carbocycles. The maximum absolute atomic E-state index is 5.78. The Morgan fingerprint density at radius 2 is 2.10 bits per heavy atom. The molecule has 0 unspecified atom stereocenters. The Morgan fingerprint density at radius 1 is 1.28 bits per heavy atom. The molecule has 0 atom stereocenters. The summed E-state index contributed by atoms with van der Waals surface area (Å²) in [7, 11) is 1.86. The summed E-state index contributed by atoms with van der Waals surface area (Å²) < 4.78 is 11.2. The van der Waals surface area contributed by atoms with Gasteiger partial charge in [0.25, 0.3) is 0 Å². The van der Waals surface area contributed by atoms with E-state index in [0.29, 0.717) is 56.9 Å². The second kappa shape index (κ2) is 8.84. The minimum absolute atomic E-state index is 0.243. The molecule has 3 aromatic rings. The number of likely N-dealkylation sites (N-methyl/N-ethyl adjacent to an activating group) is 1. The Bertz CT molecular complexity index is 997. The number of rotatable bonds is 7. The smallest absolute Gasteiger partial charge is 0.321 e. The first-order valence-electron chi connectivity index (χ1n) is 9.51. The van der Waals surface area contributed by atoms with Gasteiger partial charge >= 0.3 is 6.01 Å². The third-order valence-electron chi connectivity index (χ3n) is 4.67. The van der Waals surface area contributed by atoms with E-state index >= 15 is 0 Å². The van der Waals surface area contributed by atoms with Gasteiger partial charge in [0.1, 0.15) is 12.3 Å². The van der Waals surface area contributed by atoms with E-state index in [1.165, 1.54) is 0 Å². The molecule has 0 radical (unpaired) electrons. The molecule has 0 bridgehead atoms. The van der Waals surface area contributed by atoms with Crippen LogP contribution in [0, 0.1) is 0 Å². The molecule has 0 spiro atoms. The average Bonchev–Trinajstić information content (AvgIpc) is 3.19. The first-order chi connectivity index (χ1) is 14.3. The van der Waals surface area contributed by atoms with Crippen LogP contribution in [0.15, 0.2) is 35.6 Å². The highest BCUT2D eigenvalue weighted by Crippen LogP contribution is 2.22. The van der Waals surface area contributed by atoms with Crippen molar-refractivity contribution in [1.29, 1.82) is 0 Å². The number of hydrogen-bond acceptors (Lipinski definition) is 9. The molecule has 152 valence electrons. The van der Waals surface area contributed by atoms with E-state index in [2.05, 4.69) is 30.4 Å². The molecule has 1 aliphatic heterocycles. The number of H-pyrrole nitrogens is 1. The van der Waals surface area contributed by atoms with E-state index in [1.807, 2.05) is 42.4 Å². The van der Waals surface area contributed by atoms with Gasteiger partial charge in [0.05, 0.1) is 13.2 Å². The highest BCUT2D eigenvalue weighted by atomic mass is 16.5. The van der Waals surface area contributed by atoms with Crippen molar-refractivity contribution in [2.45, 2.75) is 0 Å². The summed E-state index contributed by atoms with van der Waals surface area (Å²) in [6.07, 6.45) is 1.86. The van der Waals surface area contributed by atoms with Crippen molar-refractivity contribution < 1.29 is 9.47 Å². The predicted octanol–water partition coefficient (Wildman–Crippen LogP) is 0.499. The zero-order chi connectivity index (χ0) is 20.1. The van der Waals surface area contributed by atoms with Gasteiger partial charge in [-0.2, -0.15) is 20.1 Å². The summed E-state index contributed by atoms with van der Waals surface area (Å²) >= 11 is 0. The lowest BCUT2D eigenvalue weighted by atomic mass is 10.1. The van der Waals surface area contributed by atoms with Gasteiger partial charge in [0, 0.05) is 42.3 Å². The van der Waals surface area contributed by atoms with E-state index in [1.54, 1.807) is 0 Å². The van der Waals surface area contributed by atoms with Crippen molar-refractivity contribution in [2.24, 2.45) is 10.9 Å². The SMILES string of the molecule is CNCCOc1nc(/C(=N\N)c2c[nH]c3ccccc23)nc(N2CCOCC2)n1. The minimum atomic E-state index is 0.243. The number of morpholine rings is 1. The monoisotopic (exact) mass is 396 g/mol. The number of hydrogen-bond donors (Lipinski definition) is 3. The van der Waals surface area contributed by atoms with Crippen LogP contribution in [-0.4, -0.2) is 72.2 Å². The number of anilines is 1. The summed E-state index contributed by atoms with van der Waals surface area (Å²) in [4.78, 5) is 18.9. The van der Waals surface area contributed by atoms with Gasteiger partial charge in [-0.3, -0.25) is 0 Å². The molecule has 1 aliphatic rings. The number of hydrazone groups is 1. The number of ether oxygens (including phenoxy) is 2. The van der Waals surface area contributed by atoms with Gasteiger partial charge < -0.3 is 30.5 Å². The third-order valence-corrected chi connectivity index (χ3v) is 4.67. The summed E-state index contributed by atoms with van der Waals surface area (Å²) in [5.74, 6) is 6.67. The summed E-state index contributed by atoms with van der Waals surface area (Å²) in [5.41, 5.74) is 2.28. The Labute approximate surface area is 168 Å². The van der Waals surface area contributed by atoms with Gasteiger partial charge in [-0.25, -0.2) is 0 Å². The third kappa shape index (κ3) is 4.13. The van der Waals surface area contributed by atoms with Crippen LogP contribution in [0.25, 0.3) is 10.9 Å². The van der Waals surface area contributed by atoms with E-state index in [-0.39, 0.29) is 6.01 Å². The summed E-state index contributed by atoms with van der Waals surface area (Å²) in [6, 6.07) is 8.17. The fraction of sp³-hybridized carbons (Fsp3) is 0.368. The Kier molecular flexibility index (Phi) is 5.82. The Hall–Kier alpha value is -3.24. The van der Waals surface area contributed by atoms with Crippen LogP contribution in [0.4, 0.5) is 5.95 Å². The molecule has 1 saturated heterocycles. The highest BCUT2D eigenvalue weighted by Gasteiger charge is 2.21. The van der Waals surface area contributed by atoms with Crippen LogP contribution in [0.1, 0.15) is 11.4 Å². The number of nitrogens with two attached hydrogens (primary N) is 1. The first-order valence-corrected chi connectivity index (χ1v) is 9.51. The molecule has 0 saturated carbocycles. The van der Waals surface area contributed by atoms with Gasteiger partial charge in [-0.1, -0.05) is 18.2 Å². The molecule has 3 heterocycles. The quantitative estimate of drug-likeness (QED) is 0.228. The molecular weight excluding hydrogens is 372 g/mol. The van der Waals surface area contributed by atoms with Crippen LogP contribution in [0.5, 0.6) is 6.01 Å². The lowest BCUT2D eigenvalue weighted by Gasteiger charge is -2.27. The second-order valence-electron chi connectivity index (χ2n) is 6.52. The van der Waals surface area contributed by atoms with Crippen LogP contribution < -0.4 is 20.8 Å². The zero-order valence-corrected chi connectivity index (χ0v) is 16.3. The number of nitrogens with one attached hydrogen (secondary N) is 2. The van der Waals surface area contributed by atoms with Crippen molar-refractivity contribution in [1.82, 2.24) is 25.3 Å². The van der Waals surface area contributed by atoms with Crippen LogP contribution in [0.3, 0.4) is 0 Å². The normalized spacial score (nSPS) is 15.1. The standard InChI is InChI=1S/C19H24N8O2/c1-21-6-9-29-19-24-17(23-18(25-19)27-7-10-28-11-8-27)16(26-20)14-12-22-15-5-3-2-4-13(14)15/h2-5,12,21-22H,6-11,20H2,1H3/b26-16-. The molecule has 0 amide bonds. The number of benzene rings is 1. The largest absolute Gasteiger partial charge is 0.462 e. The zero-order valence-electron chi connectivity index (χ0n) is 16.3. The maximum Gasteiger partial charge on any atom is 0.321 e. The lowest BCUT2D eigenvalue weighted by molar-refractivity contribution is 0.122. The fourth-order valence-electron chi connectivity index (χ4n) is 3.18. The van der Waals surface area contributed by atoms with Crippen LogP contribution >= 0.6 is 0 Å². The summed E-state index contributed by atoms with van der Waals surface area (Å²) in [5, 5.41) is 8.03. The molecule has 4 rings (SSSR count). The second-order valence-corrected chi connectivity index (χ2v) is 6.52. The van der Waals surface area contributed by atoms with Gasteiger partial charge in [-0.15, -0.1) is 0 Å². The lowest BCUT2D eigenvalue weighted by Crippen LogP contribution is -2.38. The van der Waals surface area contributed by atoms with Crippen molar-refractivity contribution in [3.8, 4) is 6.01 Å². The topological polar surface area (TPSA) is 127 Å². The Balaban J connectivity index is 1.74. The molecule has 10 nitrogen and oxygen atoms in total. The summed E-state index contributed by atoms with van der Waals surface area (Å²) in [6.45, 7) is 3.75.